The van der Waals surface area contributed by atoms with E-state index in [1.165, 1.54) is 85.0 Å². The molecule has 1 saturated carbocycles. The topological polar surface area (TPSA) is 31.0 Å². The Morgan fingerprint density at radius 3 is 1.71 bits per heavy atom. The molecule has 280 valence electrons. The molecule has 3 aliphatic heterocycles. The van der Waals surface area contributed by atoms with Gasteiger partial charge in [0.25, 0.3) is 0 Å². The number of nitrogens with zero attached hydrogens (tertiary/aromatic N) is 4. The number of hydrogen-bond acceptors (Lipinski definition) is 4. The van der Waals surface area contributed by atoms with Crippen molar-refractivity contribution in [3.63, 3.8) is 0 Å². The van der Waals surface area contributed by atoms with Crippen LogP contribution in [0.1, 0.15) is 160 Å². The van der Waals surface area contributed by atoms with E-state index in [0.29, 0.717) is 18.0 Å². The lowest BCUT2D eigenvalue weighted by Gasteiger charge is -2.33. The van der Waals surface area contributed by atoms with Crippen molar-refractivity contribution in [3.8, 4) is 11.5 Å². The highest BCUT2D eigenvalue weighted by atomic mass is 16.7. The lowest BCUT2D eigenvalue weighted by molar-refractivity contribution is -0.866. The van der Waals surface area contributed by atoms with E-state index < -0.39 is 6.03 Å². The molecule has 6 nitrogen and oxygen atoms in total. The first-order valence-corrected chi connectivity index (χ1v) is 20.7. The molecule has 1 saturated heterocycles. The van der Waals surface area contributed by atoms with Gasteiger partial charge >= 0.3 is 6.03 Å². The summed E-state index contributed by atoms with van der Waals surface area (Å²) in [5.41, 5.74) is 7.66. The Hall–Kier alpha value is -2.70. The SMILES string of the molecule is CCN(CC)CCCC(CCCN(CC)CC)c1cc(C)c2c(c1)C=[N+]1C3CCCCC3[N+]3=Cc4cc(C(C)(C)C)cc(C(C)(C)C)c4OC13O2. The van der Waals surface area contributed by atoms with Crippen LogP contribution in [0, 0.1) is 6.92 Å². The maximum absolute atomic E-state index is 7.41. The van der Waals surface area contributed by atoms with Crippen molar-refractivity contribution in [3.05, 3.63) is 57.6 Å². The molecule has 51 heavy (non-hydrogen) atoms. The van der Waals surface area contributed by atoms with Gasteiger partial charge in [0.2, 0.25) is 12.1 Å². The highest BCUT2D eigenvalue weighted by Crippen LogP contribution is 2.48. The van der Waals surface area contributed by atoms with Gasteiger partial charge in [-0.05, 0) is 130 Å². The smallest absolute Gasteiger partial charge is 0.340 e. The average molecular weight is 699 g/mol. The fourth-order valence-corrected chi connectivity index (χ4v) is 9.28. The molecule has 1 aliphatic carbocycles. The monoisotopic (exact) mass is 699 g/mol. The average Bonchev–Trinajstić information content (AvgIpc) is 3.36. The third kappa shape index (κ3) is 7.43. The molecule has 0 aromatic heterocycles. The predicted octanol–water partition coefficient (Wildman–Crippen LogP) is 9.20. The zero-order valence-electron chi connectivity index (χ0n) is 34.2. The molecule has 3 heterocycles. The quantitative estimate of drug-likeness (QED) is 0.195. The van der Waals surface area contributed by atoms with E-state index in [1.54, 1.807) is 0 Å². The Balaban J connectivity index is 1.40. The van der Waals surface area contributed by atoms with Gasteiger partial charge in [-0.25, -0.2) is 0 Å². The van der Waals surface area contributed by atoms with Crippen LogP contribution in [0.4, 0.5) is 0 Å². The first kappa shape index (κ1) is 38.0. The highest BCUT2D eigenvalue weighted by Gasteiger charge is 2.76. The Bertz CT molecular complexity index is 1600. The number of rotatable bonds is 13. The summed E-state index contributed by atoms with van der Waals surface area (Å²) in [5, 5.41) is 0. The molecular formula is C45H70N4O2+2. The van der Waals surface area contributed by atoms with Gasteiger partial charge in [0, 0.05) is 18.4 Å². The van der Waals surface area contributed by atoms with Crippen LogP contribution in [0.5, 0.6) is 11.5 Å². The van der Waals surface area contributed by atoms with E-state index in [0.717, 1.165) is 50.5 Å². The summed E-state index contributed by atoms with van der Waals surface area (Å²) in [7, 11) is 0. The third-order valence-electron chi connectivity index (χ3n) is 12.5. The molecule has 6 heteroatoms. The van der Waals surface area contributed by atoms with Crippen molar-refractivity contribution < 1.29 is 18.6 Å². The lowest BCUT2D eigenvalue weighted by Crippen LogP contribution is -2.60. The Morgan fingerprint density at radius 1 is 0.706 bits per heavy atom. The first-order chi connectivity index (χ1) is 24.2. The van der Waals surface area contributed by atoms with Gasteiger partial charge in [-0.3, -0.25) is 0 Å². The molecule has 3 unspecified atom stereocenters. The Labute approximate surface area is 310 Å². The minimum atomic E-state index is -1.01. The molecule has 2 aromatic rings. The molecule has 0 amide bonds. The van der Waals surface area contributed by atoms with E-state index in [9.17, 15) is 0 Å². The minimum Gasteiger partial charge on any atom is -0.340 e. The maximum atomic E-state index is 7.41. The summed E-state index contributed by atoms with van der Waals surface area (Å²) in [5.74, 6) is 2.49. The molecule has 4 aliphatic rings. The Morgan fingerprint density at radius 2 is 1.22 bits per heavy atom. The maximum Gasteiger partial charge on any atom is 0.704 e. The molecule has 0 bridgehead atoms. The van der Waals surface area contributed by atoms with Gasteiger partial charge in [0.15, 0.2) is 23.9 Å². The van der Waals surface area contributed by atoms with Gasteiger partial charge in [0.1, 0.15) is 0 Å². The van der Waals surface area contributed by atoms with Crippen LogP contribution in [0.3, 0.4) is 0 Å². The second-order valence-corrected chi connectivity index (χ2v) is 18.0. The van der Waals surface area contributed by atoms with Crippen LogP contribution in [-0.4, -0.2) is 88.8 Å². The van der Waals surface area contributed by atoms with Gasteiger partial charge in [-0.1, -0.05) is 90.5 Å². The summed E-state index contributed by atoms with van der Waals surface area (Å²) in [6.07, 6.45) is 14.5. The zero-order valence-corrected chi connectivity index (χ0v) is 34.2. The van der Waals surface area contributed by atoms with Crippen LogP contribution in [0.25, 0.3) is 0 Å². The molecule has 2 aromatic carbocycles. The third-order valence-corrected chi connectivity index (χ3v) is 12.5. The molecule has 1 spiro atoms. The molecule has 6 rings (SSSR count). The van der Waals surface area contributed by atoms with Crippen molar-refractivity contribution in [2.45, 2.75) is 162 Å². The van der Waals surface area contributed by atoms with Crippen molar-refractivity contribution >= 4 is 12.4 Å². The fourth-order valence-electron chi connectivity index (χ4n) is 9.28. The second-order valence-electron chi connectivity index (χ2n) is 18.0. The largest absolute Gasteiger partial charge is 0.704 e. The second kappa shape index (κ2) is 15.0. The molecule has 3 atom stereocenters. The Kier molecular flexibility index (Phi) is 11.2. The molecule has 0 N–H and O–H groups in total. The summed E-state index contributed by atoms with van der Waals surface area (Å²) in [6.45, 7) is 32.1. The molecule has 0 radical (unpaired) electrons. The van der Waals surface area contributed by atoms with E-state index >= 15 is 0 Å². The molecule has 2 fully saturated rings. The number of aryl methyl sites for hydroxylation is 1. The summed E-state index contributed by atoms with van der Waals surface area (Å²) < 4.78 is 19.7. The minimum absolute atomic E-state index is 0.0416. The summed E-state index contributed by atoms with van der Waals surface area (Å²) in [4.78, 5) is 5.14. The normalized spacial score (nSPS) is 22.5. The standard InChI is InChI=1S/C45H70N4O2/c1-12-46(13-2)24-18-20-33(21-19-25-47(14-3)15-4)34-26-32(5)41-35(27-34)30-48-39-22-16-17-23-40(39)49-31-36-28-37(43(6,7)8)29-38(44(9,10)11)42(36)51-45(48,49)50-41/h26-31,33,39-40H,12-25H2,1-11H3/q+2. The summed E-state index contributed by atoms with van der Waals surface area (Å²) >= 11 is 0. The van der Waals surface area contributed by atoms with Gasteiger partial charge in [-0.15, -0.1) is 0 Å². The fraction of sp³-hybridized carbons (Fsp3) is 0.689. The van der Waals surface area contributed by atoms with Crippen molar-refractivity contribution in [1.29, 1.82) is 0 Å². The number of benzene rings is 2. The van der Waals surface area contributed by atoms with E-state index in [2.05, 4.69) is 132 Å². The van der Waals surface area contributed by atoms with Crippen LogP contribution in [-0.2, 0) is 10.8 Å². The van der Waals surface area contributed by atoms with Gasteiger partial charge in [-0.2, -0.15) is 0 Å². The number of hydrogen-bond donors (Lipinski definition) is 0. The zero-order chi connectivity index (χ0) is 36.7. The molecular weight excluding hydrogens is 629 g/mol. The van der Waals surface area contributed by atoms with Crippen LogP contribution in [0.15, 0.2) is 24.3 Å². The van der Waals surface area contributed by atoms with Gasteiger partial charge in [0.05, 0.1) is 11.1 Å². The number of ether oxygens (including phenoxy) is 2. The number of fused-ring (bicyclic) bond motifs is 5. The first-order valence-electron chi connectivity index (χ1n) is 20.7. The summed E-state index contributed by atoms with van der Waals surface area (Å²) in [6, 6.07) is 9.37. The van der Waals surface area contributed by atoms with Crippen LogP contribution < -0.4 is 9.47 Å². The van der Waals surface area contributed by atoms with Crippen molar-refractivity contribution in [2.24, 2.45) is 0 Å². The van der Waals surface area contributed by atoms with E-state index in [4.69, 9.17) is 9.47 Å². The highest BCUT2D eigenvalue weighted by molar-refractivity contribution is 5.85. The lowest BCUT2D eigenvalue weighted by atomic mass is 9.79. The van der Waals surface area contributed by atoms with E-state index in [-0.39, 0.29) is 10.8 Å². The predicted molar refractivity (Wildman–Crippen MR) is 213 cm³/mol. The van der Waals surface area contributed by atoms with E-state index in [1.807, 2.05) is 0 Å². The van der Waals surface area contributed by atoms with Crippen molar-refractivity contribution in [1.82, 2.24) is 9.80 Å². The van der Waals surface area contributed by atoms with Crippen LogP contribution in [0.2, 0.25) is 0 Å². The van der Waals surface area contributed by atoms with Crippen molar-refractivity contribution in [2.75, 3.05) is 39.3 Å². The van der Waals surface area contributed by atoms with Gasteiger partial charge < -0.3 is 19.3 Å². The van der Waals surface area contributed by atoms with Crippen LogP contribution >= 0.6 is 0 Å².